The molecule has 1 aromatic heterocycles. The number of nitrogens with zero attached hydrogens (tertiary/aromatic N) is 6. The summed E-state index contributed by atoms with van der Waals surface area (Å²) < 4.78 is 21.9. The van der Waals surface area contributed by atoms with Gasteiger partial charge in [0.05, 0.1) is 30.7 Å². The van der Waals surface area contributed by atoms with Crippen molar-refractivity contribution in [1.82, 2.24) is 19.8 Å². The molecular weight excluding hydrogens is 595 g/mol. The standard InChI is InChI=1S/C34H34ClFN6O3/c1-45-34-38-32-27(20-28(35)30(31(32)36)26-19-24(43)18-22-8-3-4-9-25(22)26)33(39-34)41-16-17-42(23(21-41)11-12-37)29(44)10-7-15-40-13-5-2-6-14-40/h3-4,7-10,18-20,23,43H,2,5-6,11,13-17,21H2,1H3/b10-7+/t23-/m0/s1. The Balaban J connectivity index is 1.33. The highest BCUT2D eigenvalue weighted by Gasteiger charge is 2.32. The maximum absolute atomic E-state index is 16.5. The van der Waals surface area contributed by atoms with Crippen molar-refractivity contribution in [3.05, 3.63) is 65.5 Å². The lowest BCUT2D eigenvalue weighted by Crippen LogP contribution is -2.55. The van der Waals surface area contributed by atoms with Crippen LogP contribution >= 0.6 is 11.6 Å². The summed E-state index contributed by atoms with van der Waals surface area (Å²) in [6, 6.07) is 13.9. The Labute approximate surface area is 266 Å². The van der Waals surface area contributed by atoms with Crippen molar-refractivity contribution in [3.63, 3.8) is 0 Å². The minimum Gasteiger partial charge on any atom is -0.508 e. The third-order valence-electron chi connectivity index (χ3n) is 8.61. The van der Waals surface area contributed by atoms with Crippen LogP contribution in [-0.2, 0) is 4.79 Å². The summed E-state index contributed by atoms with van der Waals surface area (Å²) in [6.07, 6.45) is 7.26. The number of carbonyl (C=O) groups is 1. The first-order valence-electron chi connectivity index (χ1n) is 15.1. The number of hydrogen-bond acceptors (Lipinski definition) is 8. The Hall–Kier alpha value is -4.46. The van der Waals surface area contributed by atoms with Crippen LogP contribution in [0.2, 0.25) is 5.02 Å². The molecule has 1 amide bonds. The van der Waals surface area contributed by atoms with E-state index >= 15 is 4.39 Å². The smallest absolute Gasteiger partial charge is 0.318 e. The second kappa shape index (κ2) is 13.3. The largest absolute Gasteiger partial charge is 0.508 e. The van der Waals surface area contributed by atoms with Crippen LogP contribution < -0.4 is 9.64 Å². The number of anilines is 1. The number of aromatic hydroxyl groups is 1. The summed E-state index contributed by atoms with van der Waals surface area (Å²) in [7, 11) is 1.41. The molecular formula is C34H34ClFN6O3. The molecule has 2 aliphatic rings. The highest BCUT2D eigenvalue weighted by molar-refractivity contribution is 6.35. The molecule has 2 saturated heterocycles. The molecule has 2 aliphatic heterocycles. The van der Waals surface area contributed by atoms with Crippen molar-refractivity contribution in [3.8, 4) is 29.0 Å². The van der Waals surface area contributed by atoms with Crippen LogP contribution in [0.1, 0.15) is 25.7 Å². The molecule has 4 aromatic rings. The van der Waals surface area contributed by atoms with Gasteiger partial charge in [-0.2, -0.15) is 15.2 Å². The quantitative estimate of drug-likeness (QED) is 0.251. The summed E-state index contributed by atoms with van der Waals surface area (Å²) in [6.45, 7) is 3.89. The van der Waals surface area contributed by atoms with Gasteiger partial charge < -0.3 is 19.6 Å². The number of piperazine rings is 1. The molecule has 0 saturated carbocycles. The third kappa shape index (κ3) is 6.23. The summed E-state index contributed by atoms with van der Waals surface area (Å²) in [5.74, 6) is -0.413. The van der Waals surface area contributed by atoms with Crippen LogP contribution in [0.3, 0.4) is 0 Å². The fourth-order valence-corrected chi connectivity index (χ4v) is 6.69. The summed E-state index contributed by atoms with van der Waals surface area (Å²) in [4.78, 5) is 28.2. The topological polar surface area (TPSA) is 106 Å². The lowest BCUT2D eigenvalue weighted by molar-refractivity contribution is -0.128. The SMILES string of the molecule is COc1nc(N2CCN(C(=O)/C=C/CN3CCCCC3)[C@@H](CC#N)C2)c2cc(Cl)c(-c3cc(O)cc4ccccc34)c(F)c2n1. The Morgan fingerprint density at radius 2 is 1.93 bits per heavy atom. The van der Waals surface area contributed by atoms with Crippen LogP contribution in [0.5, 0.6) is 11.8 Å². The average molecular weight is 629 g/mol. The van der Waals surface area contributed by atoms with Crippen molar-refractivity contribution in [2.24, 2.45) is 0 Å². The van der Waals surface area contributed by atoms with E-state index in [1.54, 1.807) is 23.1 Å². The normalized spacial score (nSPS) is 17.7. The fourth-order valence-electron chi connectivity index (χ4n) is 6.40. The molecule has 0 radical (unpaired) electrons. The Morgan fingerprint density at radius 1 is 1.13 bits per heavy atom. The number of methoxy groups -OCH3 is 1. The number of nitriles is 1. The van der Waals surface area contributed by atoms with Gasteiger partial charge in [0.2, 0.25) is 5.91 Å². The Kier molecular flexibility index (Phi) is 9.01. The van der Waals surface area contributed by atoms with Gasteiger partial charge in [-0.15, -0.1) is 0 Å². The van der Waals surface area contributed by atoms with Crippen molar-refractivity contribution >= 4 is 45.0 Å². The van der Waals surface area contributed by atoms with Gasteiger partial charge in [0.25, 0.3) is 0 Å². The van der Waals surface area contributed by atoms with E-state index in [1.807, 2.05) is 35.2 Å². The van der Waals surface area contributed by atoms with Crippen molar-refractivity contribution in [2.75, 3.05) is 51.3 Å². The third-order valence-corrected chi connectivity index (χ3v) is 8.90. The predicted octanol–water partition coefficient (Wildman–Crippen LogP) is 5.93. The van der Waals surface area contributed by atoms with E-state index in [0.717, 1.165) is 30.4 Å². The van der Waals surface area contributed by atoms with Crippen LogP contribution in [0.4, 0.5) is 10.2 Å². The zero-order chi connectivity index (χ0) is 31.5. The van der Waals surface area contributed by atoms with Gasteiger partial charge in [0.15, 0.2) is 5.82 Å². The molecule has 1 atom stereocenters. The lowest BCUT2D eigenvalue weighted by Gasteiger charge is -2.41. The number of aromatic nitrogens is 2. The fraction of sp³-hybridized carbons (Fsp3) is 0.353. The van der Waals surface area contributed by atoms with Crippen molar-refractivity contribution in [1.29, 1.82) is 5.26 Å². The van der Waals surface area contributed by atoms with Crippen LogP contribution in [0, 0.1) is 17.1 Å². The van der Waals surface area contributed by atoms with Gasteiger partial charge in [-0.1, -0.05) is 48.4 Å². The molecule has 232 valence electrons. The number of piperidine rings is 1. The summed E-state index contributed by atoms with van der Waals surface area (Å²) >= 11 is 6.79. The summed E-state index contributed by atoms with van der Waals surface area (Å²) in [5, 5.41) is 22.0. The molecule has 1 N–H and O–H groups in total. The molecule has 0 aliphatic carbocycles. The van der Waals surface area contributed by atoms with E-state index in [0.29, 0.717) is 36.4 Å². The zero-order valence-corrected chi connectivity index (χ0v) is 25.8. The monoisotopic (exact) mass is 628 g/mol. The molecule has 11 heteroatoms. The molecule has 6 rings (SSSR count). The van der Waals surface area contributed by atoms with Crippen LogP contribution in [0.15, 0.2) is 54.6 Å². The van der Waals surface area contributed by atoms with E-state index in [4.69, 9.17) is 16.3 Å². The van der Waals surface area contributed by atoms with Crippen molar-refractivity contribution < 1.29 is 19.0 Å². The molecule has 0 unspecified atom stereocenters. The number of hydrogen-bond donors (Lipinski definition) is 1. The first-order chi connectivity index (χ1) is 21.9. The first kappa shape index (κ1) is 30.6. The maximum Gasteiger partial charge on any atom is 0.318 e. The second-order valence-corrected chi connectivity index (χ2v) is 11.9. The van der Waals surface area contributed by atoms with E-state index in [2.05, 4.69) is 20.9 Å². The molecule has 0 bridgehead atoms. The zero-order valence-electron chi connectivity index (χ0n) is 25.0. The number of phenols is 1. The van der Waals surface area contributed by atoms with Gasteiger partial charge in [-0.3, -0.25) is 9.69 Å². The van der Waals surface area contributed by atoms with E-state index in [-0.39, 0.29) is 40.2 Å². The van der Waals surface area contributed by atoms with Crippen LogP contribution in [0.25, 0.3) is 32.8 Å². The van der Waals surface area contributed by atoms with E-state index < -0.39 is 11.9 Å². The Bertz CT molecular complexity index is 1820. The predicted molar refractivity (Wildman–Crippen MR) is 173 cm³/mol. The second-order valence-electron chi connectivity index (χ2n) is 11.4. The number of amides is 1. The van der Waals surface area contributed by atoms with Gasteiger partial charge in [0.1, 0.15) is 17.1 Å². The molecule has 45 heavy (non-hydrogen) atoms. The number of rotatable bonds is 7. The van der Waals surface area contributed by atoms with Crippen LogP contribution in [-0.4, -0.2) is 83.2 Å². The summed E-state index contributed by atoms with van der Waals surface area (Å²) in [5.41, 5.74) is 0.556. The first-order valence-corrected chi connectivity index (χ1v) is 15.5. The number of carbonyl (C=O) groups excluding carboxylic acids is 1. The minimum atomic E-state index is -0.670. The van der Waals surface area contributed by atoms with Gasteiger partial charge in [-0.05, 0) is 60.5 Å². The van der Waals surface area contributed by atoms with E-state index in [1.165, 1.54) is 32.4 Å². The number of ether oxygens (including phenoxy) is 1. The Morgan fingerprint density at radius 3 is 2.71 bits per heavy atom. The molecule has 9 nitrogen and oxygen atoms in total. The number of likely N-dealkylation sites (tertiary alicyclic amines) is 1. The highest BCUT2D eigenvalue weighted by atomic mass is 35.5. The average Bonchev–Trinajstić information content (AvgIpc) is 3.05. The van der Waals surface area contributed by atoms with Gasteiger partial charge in [-0.25, -0.2) is 4.39 Å². The number of fused-ring (bicyclic) bond motifs is 2. The minimum absolute atomic E-state index is 0.0136. The molecule has 0 spiro atoms. The van der Waals surface area contributed by atoms with Gasteiger partial charge >= 0.3 is 6.01 Å². The molecule has 3 aromatic carbocycles. The highest BCUT2D eigenvalue weighted by Crippen LogP contribution is 2.42. The number of benzene rings is 3. The van der Waals surface area contributed by atoms with Gasteiger partial charge in [0, 0.05) is 43.2 Å². The lowest BCUT2D eigenvalue weighted by atomic mass is 9.96. The maximum atomic E-state index is 16.5. The molecule has 2 fully saturated rings. The van der Waals surface area contributed by atoms with Crippen molar-refractivity contribution in [2.45, 2.75) is 31.7 Å². The number of phenolic OH excluding ortho intramolecular Hbond substituents is 1. The molecule has 3 heterocycles. The van der Waals surface area contributed by atoms with E-state index in [9.17, 15) is 15.2 Å². The number of halogens is 2.